The lowest BCUT2D eigenvalue weighted by Crippen LogP contribution is -2.23. The molecule has 2 aromatic heterocycles. The van der Waals surface area contributed by atoms with Gasteiger partial charge >= 0.3 is 0 Å². The molecule has 0 bridgehead atoms. The minimum atomic E-state index is -0.383. The molecule has 0 saturated heterocycles. The molecular formula is C24H20N6O. The molecule has 2 heterocycles. The molecule has 7 nitrogen and oxygen atoms in total. The summed E-state index contributed by atoms with van der Waals surface area (Å²) in [6.07, 6.45) is 2.22. The highest BCUT2D eigenvalue weighted by atomic mass is 16.1. The van der Waals surface area contributed by atoms with Gasteiger partial charge in [-0.05, 0) is 35.7 Å². The van der Waals surface area contributed by atoms with Gasteiger partial charge in [0.1, 0.15) is 0 Å². The maximum absolute atomic E-state index is 12.1. The monoisotopic (exact) mass is 408 g/mol. The Hall–Kier alpha value is -4.26. The number of hydrogen-bond donors (Lipinski definition) is 3. The second kappa shape index (κ2) is 7.87. The number of H-pyrrole nitrogens is 2. The van der Waals surface area contributed by atoms with Crippen LogP contribution in [0, 0.1) is 0 Å². The number of nitrogens with two attached hydrogens (primary N) is 1. The normalized spacial score (nSPS) is 12.1. The molecule has 0 spiro atoms. The third kappa shape index (κ3) is 3.69. The summed E-state index contributed by atoms with van der Waals surface area (Å²) in [6, 6.07) is 23.8. The van der Waals surface area contributed by atoms with E-state index in [-0.39, 0.29) is 11.8 Å². The number of rotatable bonds is 6. The highest BCUT2D eigenvalue weighted by molar-refractivity contribution is 5.95. The Kier molecular flexibility index (Phi) is 4.76. The Morgan fingerprint density at radius 1 is 0.935 bits per heavy atom. The van der Waals surface area contributed by atoms with E-state index < -0.39 is 0 Å². The summed E-state index contributed by atoms with van der Waals surface area (Å²) in [5.74, 6) is -0.716. The Morgan fingerprint density at radius 2 is 1.81 bits per heavy atom. The molecule has 152 valence electrons. The van der Waals surface area contributed by atoms with Crippen LogP contribution in [-0.4, -0.2) is 31.5 Å². The standard InChI is InChI=1S/C24H20N6O/c25-24(31)19(16-6-2-1-3-7-16)12-15-5-4-8-18(11-15)23-20-13-17(22-14-26-30-28-22)9-10-21(20)27-29-23/h1-11,13-14,19H,12H2,(H2,25,31)(H,27,29)(H,26,28,30)/t19-/m0/s1. The van der Waals surface area contributed by atoms with Crippen LogP contribution < -0.4 is 5.73 Å². The quantitative estimate of drug-likeness (QED) is 0.396. The van der Waals surface area contributed by atoms with Gasteiger partial charge in [-0.1, -0.05) is 59.8 Å². The third-order valence-corrected chi connectivity index (χ3v) is 5.47. The van der Waals surface area contributed by atoms with Crippen LogP contribution in [0.4, 0.5) is 0 Å². The summed E-state index contributed by atoms with van der Waals surface area (Å²) in [5, 5.41) is 19.2. The number of aromatic amines is 2. The Bertz CT molecular complexity index is 1340. The first-order valence-electron chi connectivity index (χ1n) is 9.97. The lowest BCUT2D eigenvalue weighted by atomic mass is 9.90. The van der Waals surface area contributed by atoms with Gasteiger partial charge in [0.15, 0.2) is 0 Å². The highest BCUT2D eigenvalue weighted by Crippen LogP contribution is 2.31. The SMILES string of the molecule is NC(=O)[C@@H](Cc1cccc(-c2n[nH]c3ccc(-c4cnn[nH]4)cc23)c1)c1ccccc1. The number of aromatic nitrogens is 5. The minimum absolute atomic E-state index is 0.334. The fourth-order valence-corrected chi connectivity index (χ4v) is 3.89. The molecule has 5 rings (SSSR count). The predicted octanol–water partition coefficient (Wildman–Crippen LogP) is 3.83. The van der Waals surface area contributed by atoms with Crippen LogP contribution >= 0.6 is 0 Å². The van der Waals surface area contributed by atoms with Crippen LogP contribution in [0.25, 0.3) is 33.4 Å². The summed E-state index contributed by atoms with van der Waals surface area (Å²) in [5.41, 5.74) is 12.2. The van der Waals surface area contributed by atoms with E-state index >= 15 is 0 Å². The molecule has 7 heteroatoms. The van der Waals surface area contributed by atoms with Crippen molar-refractivity contribution >= 4 is 16.8 Å². The van der Waals surface area contributed by atoms with Crippen LogP contribution in [0.5, 0.6) is 0 Å². The molecule has 0 aliphatic rings. The van der Waals surface area contributed by atoms with Crippen molar-refractivity contribution in [3.05, 3.63) is 90.1 Å². The number of amides is 1. The van der Waals surface area contributed by atoms with Gasteiger partial charge in [0.2, 0.25) is 5.91 Å². The molecule has 31 heavy (non-hydrogen) atoms. The summed E-state index contributed by atoms with van der Waals surface area (Å²) in [4.78, 5) is 12.1. The highest BCUT2D eigenvalue weighted by Gasteiger charge is 2.19. The molecule has 0 fully saturated rings. The number of fused-ring (bicyclic) bond motifs is 1. The zero-order valence-corrected chi connectivity index (χ0v) is 16.6. The van der Waals surface area contributed by atoms with Gasteiger partial charge < -0.3 is 5.73 Å². The molecule has 0 aliphatic carbocycles. The van der Waals surface area contributed by atoms with E-state index in [1.807, 2.05) is 60.7 Å². The van der Waals surface area contributed by atoms with E-state index in [2.05, 4.69) is 37.7 Å². The fraction of sp³-hybridized carbons (Fsp3) is 0.0833. The first-order chi connectivity index (χ1) is 15.2. The van der Waals surface area contributed by atoms with Crippen LogP contribution in [0.15, 0.2) is 79.0 Å². The molecule has 0 unspecified atom stereocenters. The smallest absolute Gasteiger partial charge is 0.225 e. The maximum atomic E-state index is 12.1. The first-order valence-corrected chi connectivity index (χ1v) is 9.97. The van der Waals surface area contributed by atoms with Gasteiger partial charge in [-0.2, -0.15) is 5.10 Å². The predicted molar refractivity (Wildman–Crippen MR) is 119 cm³/mol. The number of carbonyl (C=O) groups is 1. The lowest BCUT2D eigenvalue weighted by Gasteiger charge is -2.14. The van der Waals surface area contributed by atoms with Crippen molar-refractivity contribution < 1.29 is 4.79 Å². The minimum Gasteiger partial charge on any atom is -0.369 e. The zero-order chi connectivity index (χ0) is 21.2. The molecule has 1 amide bonds. The Labute approximate surface area is 178 Å². The fourth-order valence-electron chi connectivity index (χ4n) is 3.89. The topological polar surface area (TPSA) is 113 Å². The summed E-state index contributed by atoms with van der Waals surface area (Å²) in [7, 11) is 0. The number of nitrogens with zero attached hydrogens (tertiary/aromatic N) is 3. The van der Waals surface area contributed by atoms with Crippen LogP contribution in [0.3, 0.4) is 0 Å². The average Bonchev–Trinajstić information content (AvgIpc) is 3.48. The summed E-state index contributed by atoms with van der Waals surface area (Å²) >= 11 is 0. The van der Waals surface area contributed by atoms with Crippen molar-refractivity contribution in [2.45, 2.75) is 12.3 Å². The van der Waals surface area contributed by atoms with E-state index in [0.29, 0.717) is 6.42 Å². The third-order valence-electron chi connectivity index (χ3n) is 5.47. The number of hydrogen-bond acceptors (Lipinski definition) is 4. The summed E-state index contributed by atoms with van der Waals surface area (Å²) < 4.78 is 0. The lowest BCUT2D eigenvalue weighted by molar-refractivity contribution is -0.119. The molecule has 0 saturated carbocycles. The summed E-state index contributed by atoms with van der Waals surface area (Å²) in [6.45, 7) is 0. The van der Waals surface area contributed by atoms with Crippen LogP contribution in [-0.2, 0) is 11.2 Å². The zero-order valence-electron chi connectivity index (χ0n) is 16.6. The van der Waals surface area contributed by atoms with E-state index in [9.17, 15) is 4.79 Å². The van der Waals surface area contributed by atoms with Crippen LogP contribution in [0.1, 0.15) is 17.0 Å². The number of nitrogens with one attached hydrogen (secondary N) is 2. The molecule has 1 atom stereocenters. The Morgan fingerprint density at radius 3 is 2.58 bits per heavy atom. The van der Waals surface area contributed by atoms with Crippen molar-refractivity contribution in [1.29, 1.82) is 0 Å². The second-order valence-electron chi connectivity index (χ2n) is 7.47. The largest absolute Gasteiger partial charge is 0.369 e. The molecule has 5 aromatic rings. The number of carbonyl (C=O) groups excluding carboxylic acids is 1. The van der Waals surface area contributed by atoms with Crippen molar-refractivity contribution in [2.75, 3.05) is 0 Å². The van der Waals surface area contributed by atoms with Crippen molar-refractivity contribution in [1.82, 2.24) is 25.6 Å². The molecule has 3 aromatic carbocycles. The van der Waals surface area contributed by atoms with Crippen molar-refractivity contribution in [3.8, 4) is 22.5 Å². The Balaban J connectivity index is 1.51. The van der Waals surface area contributed by atoms with Gasteiger partial charge in [0, 0.05) is 16.5 Å². The molecule has 4 N–H and O–H groups in total. The van der Waals surface area contributed by atoms with Gasteiger partial charge in [-0.15, -0.1) is 5.10 Å². The average molecular weight is 408 g/mol. The van der Waals surface area contributed by atoms with Gasteiger partial charge in [0.05, 0.1) is 29.0 Å². The number of benzene rings is 3. The van der Waals surface area contributed by atoms with E-state index in [1.54, 1.807) is 6.20 Å². The van der Waals surface area contributed by atoms with E-state index in [0.717, 1.165) is 44.5 Å². The first kappa shape index (κ1) is 18.7. The second-order valence-corrected chi connectivity index (χ2v) is 7.47. The van der Waals surface area contributed by atoms with Crippen molar-refractivity contribution in [2.24, 2.45) is 5.73 Å². The van der Waals surface area contributed by atoms with Crippen molar-refractivity contribution in [3.63, 3.8) is 0 Å². The molecular weight excluding hydrogens is 388 g/mol. The number of primary amides is 1. The van der Waals surface area contributed by atoms with E-state index in [1.165, 1.54) is 0 Å². The molecule has 0 radical (unpaired) electrons. The van der Waals surface area contributed by atoms with Gasteiger partial charge in [0.25, 0.3) is 0 Å². The van der Waals surface area contributed by atoms with E-state index in [4.69, 9.17) is 5.73 Å². The van der Waals surface area contributed by atoms with Crippen LogP contribution in [0.2, 0.25) is 0 Å². The maximum Gasteiger partial charge on any atom is 0.225 e. The molecule has 0 aliphatic heterocycles. The van der Waals surface area contributed by atoms with Gasteiger partial charge in [-0.25, -0.2) is 0 Å². The van der Waals surface area contributed by atoms with Gasteiger partial charge in [-0.3, -0.25) is 15.0 Å².